The zero-order chi connectivity index (χ0) is 22.0. The minimum absolute atomic E-state index is 0.113. The second kappa shape index (κ2) is 9.16. The van der Waals surface area contributed by atoms with Crippen molar-refractivity contribution in [2.24, 2.45) is 5.92 Å². The van der Waals surface area contributed by atoms with Crippen molar-refractivity contribution >= 4 is 57.0 Å². The van der Waals surface area contributed by atoms with E-state index in [1.54, 1.807) is 28.8 Å². The molecule has 0 atom stereocenters. The van der Waals surface area contributed by atoms with E-state index in [0.29, 0.717) is 39.4 Å². The molecule has 0 fully saturated rings. The fourth-order valence-electron chi connectivity index (χ4n) is 3.24. The molecular weight excluding hydrogens is 434 g/mol. The highest BCUT2D eigenvalue weighted by Crippen LogP contribution is 2.27. The molecule has 0 saturated carbocycles. The Kier molecular flexibility index (Phi) is 6.34. The Labute approximate surface area is 188 Å². The van der Waals surface area contributed by atoms with Gasteiger partial charge in [-0.05, 0) is 42.7 Å². The highest BCUT2D eigenvalue weighted by Gasteiger charge is 2.18. The van der Waals surface area contributed by atoms with Gasteiger partial charge in [-0.3, -0.25) is 14.2 Å². The molecule has 1 N–H and O–H groups in total. The number of benzene rings is 2. The fraction of sp³-hybridized carbons (Fsp3) is 0.261. The number of anilines is 1. The van der Waals surface area contributed by atoms with Gasteiger partial charge in [0.15, 0.2) is 5.16 Å². The van der Waals surface area contributed by atoms with Crippen molar-refractivity contribution in [1.82, 2.24) is 9.55 Å². The van der Waals surface area contributed by atoms with Crippen LogP contribution in [0.3, 0.4) is 0 Å². The average molecular weight is 456 g/mol. The zero-order valence-electron chi connectivity index (χ0n) is 17.2. The molecule has 2 heterocycles. The van der Waals surface area contributed by atoms with Gasteiger partial charge in [-0.25, -0.2) is 4.98 Å². The molecule has 0 aliphatic carbocycles. The largest absolute Gasteiger partial charge is 0.448 e. The number of hydrogen-bond acceptors (Lipinski definition) is 5. The Morgan fingerprint density at radius 2 is 2.03 bits per heavy atom. The standard InChI is InChI=1S/C23H22ClN3O3S/c1-14(2)10-11-27-22(29)21-20(17-8-3-4-9-18(17)30-21)26-23(27)31-13-19(28)25-16-7-5-6-15(24)12-16/h3-9,12,14H,10-11,13H2,1-2H3,(H,25,28). The van der Waals surface area contributed by atoms with E-state index in [0.717, 1.165) is 11.8 Å². The smallest absolute Gasteiger partial charge is 0.297 e. The van der Waals surface area contributed by atoms with E-state index in [1.165, 1.54) is 11.8 Å². The van der Waals surface area contributed by atoms with Gasteiger partial charge in [0.05, 0.1) is 5.75 Å². The van der Waals surface area contributed by atoms with Crippen molar-refractivity contribution in [2.75, 3.05) is 11.1 Å². The third-order valence-electron chi connectivity index (χ3n) is 4.82. The predicted octanol–water partition coefficient (Wildman–Crippen LogP) is 5.57. The van der Waals surface area contributed by atoms with Crippen LogP contribution in [0.5, 0.6) is 0 Å². The van der Waals surface area contributed by atoms with Gasteiger partial charge < -0.3 is 9.73 Å². The number of amides is 1. The number of rotatable bonds is 7. The highest BCUT2D eigenvalue weighted by atomic mass is 35.5. The second-order valence-corrected chi connectivity index (χ2v) is 9.04. The topological polar surface area (TPSA) is 77.1 Å². The summed E-state index contributed by atoms with van der Waals surface area (Å²) in [6.07, 6.45) is 0.815. The molecule has 0 radical (unpaired) electrons. The van der Waals surface area contributed by atoms with Crippen molar-refractivity contribution in [3.05, 3.63) is 63.9 Å². The number of nitrogens with one attached hydrogen (secondary N) is 1. The first-order valence-electron chi connectivity index (χ1n) is 10.0. The number of halogens is 1. The van der Waals surface area contributed by atoms with Crippen LogP contribution in [0.15, 0.2) is 62.9 Å². The molecule has 8 heteroatoms. The number of furan rings is 1. The SMILES string of the molecule is CC(C)CCn1c(SCC(=O)Nc2cccc(Cl)c2)nc2c(oc3ccccc32)c1=O. The van der Waals surface area contributed by atoms with Crippen molar-refractivity contribution in [3.8, 4) is 0 Å². The molecule has 160 valence electrons. The molecule has 4 aromatic rings. The maximum atomic E-state index is 13.2. The number of hydrogen-bond donors (Lipinski definition) is 1. The highest BCUT2D eigenvalue weighted by molar-refractivity contribution is 7.99. The number of nitrogens with zero attached hydrogens (tertiary/aromatic N) is 2. The van der Waals surface area contributed by atoms with E-state index in [-0.39, 0.29) is 22.8 Å². The van der Waals surface area contributed by atoms with Crippen LogP contribution < -0.4 is 10.9 Å². The molecule has 4 rings (SSSR count). The molecule has 2 aromatic heterocycles. The van der Waals surface area contributed by atoms with Gasteiger partial charge in [0.1, 0.15) is 11.1 Å². The van der Waals surface area contributed by atoms with Gasteiger partial charge in [0, 0.05) is 22.6 Å². The molecule has 6 nitrogen and oxygen atoms in total. The van der Waals surface area contributed by atoms with Crippen molar-refractivity contribution < 1.29 is 9.21 Å². The van der Waals surface area contributed by atoms with Crippen LogP contribution in [-0.2, 0) is 11.3 Å². The summed E-state index contributed by atoms with van der Waals surface area (Å²) in [5, 5.41) is 4.66. The number of para-hydroxylation sites is 1. The third-order valence-corrected chi connectivity index (χ3v) is 6.03. The minimum Gasteiger partial charge on any atom is -0.448 e. The van der Waals surface area contributed by atoms with Crippen LogP contribution >= 0.6 is 23.4 Å². The number of aromatic nitrogens is 2. The van der Waals surface area contributed by atoms with Crippen molar-refractivity contribution in [1.29, 1.82) is 0 Å². The Hall–Kier alpha value is -2.77. The van der Waals surface area contributed by atoms with Crippen LogP contribution in [0, 0.1) is 5.92 Å². The maximum Gasteiger partial charge on any atom is 0.297 e. The van der Waals surface area contributed by atoms with Gasteiger partial charge in [-0.1, -0.05) is 55.4 Å². The lowest BCUT2D eigenvalue weighted by atomic mass is 10.1. The Morgan fingerprint density at radius 1 is 1.23 bits per heavy atom. The van der Waals surface area contributed by atoms with E-state index in [9.17, 15) is 9.59 Å². The molecule has 1 amide bonds. The van der Waals surface area contributed by atoms with Gasteiger partial charge in [0.25, 0.3) is 5.56 Å². The van der Waals surface area contributed by atoms with Gasteiger partial charge in [-0.15, -0.1) is 0 Å². The molecule has 2 aromatic carbocycles. The quantitative estimate of drug-likeness (QED) is 0.291. The third kappa shape index (κ3) is 4.78. The van der Waals surface area contributed by atoms with Gasteiger partial charge in [0.2, 0.25) is 11.5 Å². The van der Waals surface area contributed by atoms with E-state index in [2.05, 4.69) is 19.2 Å². The van der Waals surface area contributed by atoms with Crippen LogP contribution in [0.25, 0.3) is 22.1 Å². The van der Waals surface area contributed by atoms with Crippen LogP contribution in [-0.4, -0.2) is 21.2 Å². The second-order valence-electron chi connectivity index (χ2n) is 7.66. The number of carbonyl (C=O) groups is 1. The van der Waals surface area contributed by atoms with Crippen LogP contribution in [0.4, 0.5) is 5.69 Å². The lowest BCUT2D eigenvalue weighted by molar-refractivity contribution is -0.113. The molecule has 0 bridgehead atoms. The summed E-state index contributed by atoms with van der Waals surface area (Å²) in [6.45, 7) is 4.71. The first-order valence-corrected chi connectivity index (χ1v) is 11.4. The Morgan fingerprint density at radius 3 is 2.81 bits per heavy atom. The van der Waals surface area contributed by atoms with Gasteiger partial charge >= 0.3 is 0 Å². The van der Waals surface area contributed by atoms with E-state index in [1.807, 2.05) is 24.3 Å². The molecule has 0 saturated heterocycles. The van der Waals surface area contributed by atoms with Crippen molar-refractivity contribution in [2.45, 2.75) is 32.0 Å². The molecule has 0 unspecified atom stereocenters. The van der Waals surface area contributed by atoms with Crippen LogP contribution in [0.2, 0.25) is 5.02 Å². The first-order chi connectivity index (χ1) is 14.9. The van der Waals surface area contributed by atoms with Gasteiger partial charge in [-0.2, -0.15) is 0 Å². The fourth-order valence-corrected chi connectivity index (χ4v) is 4.25. The van der Waals surface area contributed by atoms with E-state index in [4.69, 9.17) is 21.0 Å². The Balaban J connectivity index is 1.65. The average Bonchev–Trinajstić information content (AvgIpc) is 3.10. The molecule has 31 heavy (non-hydrogen) atoms. The van der Waals surface area contributed by atoms with E-state index >= 15 is 0 Å². The molecular formula is C23H22ClN3O3S. The summed E-state index contributed by atoms with van der Waals surface area (Å²) >= 11 is 7.22. The molecule has 0 aliphatic rings. The molecule has 0 spiro atoms. The minimum atomic E-state index is -0.223. The Bertz CT molecular complexity index is 1310. The first kappa shape index (κ1) is 21.5. The monoisotopic (exact) mass is 455 g/mol. The summed E-state index contributed by atoms with van der Waals surface area (Å²) in [6, 6.07) is 14.4. The maximum absolute atomic E-state index is 13.2. The summed E-state index contributed by atoms with van der Waals surface area (Å²) in [7, 11) is 0. The summed E-state index contributed by atoms with van der Waals surface area (Å²) < 4.78 is 7.42. The number of carbonyl (C=O) groups excluding carboxylic acids is 1. The lowest BCUT2D eigenvalue weighted by Gasteiger charge is -2.13. The number of thioether (sulfide) groups is 1. The summed E-state index contributed by atoms with van der Waals surface area (Å²) in [5.41, 5.74) is 1.80. The lowest BCUT2D eigenvalue weighted by Crippen LogP contribution is -2.24. The van der Waals surface area contributed by atoms with E-state index < -0.39 is 0 Å². The van der Waals surface area contributed by atoms with Crippen LogP contribution in [0.1, 0.15) is 20.3 Å². The molecule has 0 aliphatic heterocycles. The predicted molar refractivity (Wildman–Crippen MR) is 126 cm³/mol. The van der Waals surface area contributed by atoms with Crippen molar-refractivity contribution in [3.63, 3.8) is 0 Å². The summed E-state index contributed by atoms with van der Waals surface area (Å²) in [5.74, 6) is 0.332. The normalized spacial score (nSPS) is 11.5. The zero-order valence-corrected chi connectivity index (χ0v) is 18.8. The summed E-state index contributed by atoms with van der Waals surface area (Å²) in [4.78, 5) is 30.4. The number of fused-ring (bicyclic) bond motifs is 3.